The highest BCUT2D eigenvalue weighted by Crippen LogP contribution is 2.29. The summed E-state index contributed by atoms with van der Waals surface area (Å²) in [7, 11) is -2.66. The Balaban J connectivity index is 2.43. The summed E-state index contributed by atoms with van der Waals surface area (Å²) < 4.78 is 32.2. The van der Waals surface area contributed by atoms with Crippen LogP contribution in [0.25, 0.3) is 0 Å². The minimum Gasteiger partial charge on any atom is -0.495 e. The van der Waals surface area contributed by atoms with Gasteiger partial charge in [-0.3, -0.25) is 14.8 Å². The lowest BCUT2D eigenvalue weighted by atomic mass is 10.2. The number of benzene rings is 2. The first-order chi connectivity index (χ1) is 10.3. The van der Waals surface area contributed by atoms with Gasteiger partial charge >= 0.3 is 0 Å². The van der Waals surface area contributed by atoms with Crippen LogP contribution in [-0.2, 0) is 10.0 Å². The highest BCUT2D eigenvalue weighted by atomic mass is 32.2. The lowest BCUT2D eigenvalue weighted by Crippen LogP contribution is -2.14. The number of nitrogens with one attached hydrogen (secondary N) is 1. The molecular formula is C14H14N2O5S. The van der Waals surface area contributed by atoms with Gasteiger partial charge in [0.1, 0.15) is 10.6 Å². The molecule has 0 unspecified atom stereocenters. The molecule has 0 atom stereocenters. The molecule has 0 spiro atoms. The monoisotopic (exact) mass is 322 g/mol. The number of aryl methyl sites for hydroxylation is 1. The number of nitro groups is 1. The van der Waals surface area contributed by atoms with Crippen molar-refractivity contribution >= 4 is 21.4 Å². The van der Waals surface area contributed by atoms with Crippen molar-refractivity contribution < 1.29 is 18.1 Å². The molecule has 0 amide bonds. The summed E-state index contributed by atoms with van der Waals surface area (Å²) >= 11 is 0. The van der Waals surface area contributed by atoms with E-state index in [1.54, 1.807) is 18.2 Å². The second kappa shape index (κ2) is 6.02. The third-order valence-corrected chi connectivity index (χ3v) is 4.34. The molecule has 0 bridgehead atoms. The van der Waals surface area contributed by atoms with Crippen molar-refractivity contribution in [3.05, 3.63) is 58.1 Å². The Bertz CT molecular complexity index is 818. The predicted molar refractivity (Wildman–Crippen MR) is 81.6 cm³/mol. The Morgan fingerprint density at radius 3 is 2.50 bits per heavy atom. The Morgan fingerprint density at radius 1 is 1.18 bits per heavy atom. The number of hydrogen-bond acceptors (Lipinski definition) is 5. The number of methoxy groups -OCH3 is 1. The topological polar surface area (TPSA) is 98.5 Å². The van der Waals surface area contributed by atoms with Crippen molar-refractivity contribution in [1.82, 2.24) is 0 Å². The summed E-state index contributed by atoms with van der Waals surface area (Å²) in [6.45, 7) is 1.84. The van der Waals surface area contributed by atoms with Crippen LogP contribution >= 0.6 is 0 Å². The smallest absolute Gasteiger partial charge is 0.273 e. The van der Waals surface area contributed by atoms with Gasteiger partial charge in [0.15, 0.2) is 0 Å². The number of rotatable bonds is 5. The molecular weight excluding hydrogens is 308 g/mol. The van der Waals surface area contributed by atoms with Crippen molar-refractivity contribution in [2.75, 3.05) is 11.8 Å². The fraction of sp³-hybridized carbons (Fsp3) is 0.143. The van der Waals surface area contributed by atoms with Gasteiger partial charge in [-0.25, -0.2) is 8.42 Å². The van der Waals surface area contributed by atoms with E-state index in [1.807, 2.05) is 13.0 Å². The van der Waals surface area contributed by atoms with Gasteiger partial charge < -0.3 is 4.74 Å². The van der Waals surface area contributed by atoms with Gasteiger partial charge in [0.2, 0.25) is 0 Å². The lowest BCUT2D eigenvalue weighted by molar-refractivity contribution is -0.385. The molecule has 22 heavy (non-hydrogen) atoms. The van der Waals surface area contributed by atoms with E-state index < -0.39 is 14.9 Å². The zero-order chi connectivity index (χ0) is 16.3. The van der Waals surface area contributed by atoms with Gasteiger partial charge in [-0.05, 0) is 30.7 Å². The van der Waals surface area contributed by atoms with Gasteiger partial charge in [-0.15, -0.1) is 0 Å². The summed E-state index contributed by atoms with van der Waals surface area (Å²) in [6, 6.07) is 10.2. The molecule has 2 rings (SSSR count). The van der Waals surface area contributed by atoms with Crippen molar-refractivity contribution in [3.8, 4) is 5.75 Å². The molecule has 116 valence electrons. The molecule has 0 saturated carbocycles. The third-order valence-electron chi connectivity index (χ3n) is 2.92. The number of sulfonamides is 1. The van der Waals surface area contributed by atoms with Crippen molar-refractivity contribution in [1.29, 1.82) is 0 Å². The minimum absolute atomic E-state index is 0.0886. The number of nitrogens with zero attached hydrogens (tertiary/aromatic N) is 1. The van der Waals surface area contributed by atoms with Gasteiger partial charge in [-0.1, -0.05) is 12.1 Å². The molecule has 2 aromatic carbocycles. The van der Waals surface area contributed by atoms with Crippen LogP contribution in [0.3, 0.4) is 0 Å². The zero-order valence-electron chi connectivity index (χ0n) is 11.9. The molecule has 2 aromatic rings. The summed E-state index contributed by atoms with van der Waals surface area (Å²) in [5, 5.41) is 10.7. The Morgan fingerprint density at radius 2 is 1.91 bits per heavy atom. The Kier molecular flexibility index (Phi) is 4.32. The lowest BCUT2D eigenvalue weighted by Gasteiger charge is -2.11. The zero-order valence-corrected chi connectivity index (χ0v) is 12.8. The fourth-order valence-electron chi connectivity index (χ4n) is 1.91. The average Bonchev–Trinajstić information content (AvgIpc) is 2.46. The summed E-state index contributed by atoms with van der Waals surface area (Å²) in [4.78, 5) is 9.96. The maximum atomic E-state index is 12.4. The largest absolute Gasteiger partial charge is 0.495 e. The number of ether oxygens (including phenoxy) is 1. The highest BCUT2D eigenvalue weighted by Gasteiger charge is 2.22. The van der Waals surface area contributed by atoms with E-state index in [1.165, 1.54) is 7.11 Å². The Hall–Kier alpha value is -2.61. The van der Waals surface area contributed by atoms with Crippen LogP contribution in [0, 0.1) is 17.0 Å². The molecule has 7 nitrogen and oxygen atoms in total. The van der Waals surface area contributed by atoms with Crippen LogP contribution in [0.1, 0.15) is 5.56 Å². The predicted octanol–water partition coefficient (Wildman–Crippen LogP) is 2.71. The van der Waals surface area contributed by atoms with E-state index >= 15 is 0 Å². The SMILES string of the molecule is COc1cc([N+](=O)[O-])ccc1S(=O)(=O)Nc1cccc(C)c1. The Labute approximate surface area is 127 Å². The normalized spacial score (nSPS) is 11.0. The first-order valence-electron chi connectivity index (χ1n) is 6.25. The quantitative estimate of drug-likeness (QED) is 0.674. The van der Waals surface area contributed by atoms with Gasteiger partial charge in [0, 0.05) is 11.8 Å². The first-order valence-corrected chi connectivity index (χ1v) is 7.74. The number of anilines is 1. The van der Waals surface area contributed by atoms with Crippen LogP contribution in [-0.4, -0.2) is 20.5 Å². The van der Waals surface area contributed by atoms with E-state index in [4.69, 9.17) is 4.74 Å². The van der Waals surface area contributed by atoms with Crippen LogP contribution in [0.5, 0.6) is 5.75 Å². The molecule has 0 aliphatic rings. The van der Waals surface area contributed by atoms with Crippen LogP contribution in [0.15, 0.2) is 47.4 Å². The first kappa shape index (κ1) is 15.8. The number of nitro benzene ring substituents is 1. The number of non-ortho nitro benzene ring substituents is 1. The van der Waals surface area contributed by atoms with Crippen LogP contribution in [0.4, 0.5) is 11.4 Å². The fourth-order valence-corrected chi connectivity index (χ4v) is 3.11. The number of hydrogen-bond donors (Lipinski definition) is 1. The highest BCUT2D eigenvalue weighted by molar-refractivity contribution is 7.92. The van der Waals surface area contributed by atoms with Crippen molar-refractivity contribution in [2.24, 2.45) is 0 Å². The minimum atomic E-state index is -3.91. The van der Waals surface area contributed by atoms with E-state index in [0.29, 0.717) is 5.69 Å². The van der Waals surface area contributed by atoms with E-state index in [9.17, 15) is 18.5 Å². The molecule has 0 aliphatic heterocycles. The molecule has 0 aliphatic carbocycles. The van der Waals surface area contributed by atoms with E-state index in [-0.39, 0.29) is 16.3 Å². The summed E-state index contributed by atoms with van der Waals surface area (Å²) in [5.74, 6) is -0.0886. The van der Waals surface area contributed by atoms with E-state index in [2.05, 4.69) is 4.72 Å². The standard InChI is InChI=1S/C14H14N2O5S/c1-10-4-3-5-11(8-10)15-22(19,20)14-7-6-12(16(17)18)9-13(14)21-2/h3-9,15H,1-2H3. The molecule has 0 fully saturated rings. The van der Waals surface area contributed by atoms with Crippen molar-refractivity contribution in [2.45, 2.75) is 11.8 Å². The molecule has 0 heterocycles. The van der Waals surface area contributed by atoms with E-state index in [0.717, 1.165) is 23.8 Å². The maximum absolute atomic E-state index is 12.4. The molecule has 0 saturated heterocycles. The molecule has 0 aromatic heterocycles. The second-order valence-corrected chi connectivity index (χ2v) is 6.22. The van der Waals surface area contributed by atoms with Crippen LogP contribution in [0.2, 0.25) is 0 Å². The average molecular weight is 322 g/mol. The third kappa shape index (κ3) is 3.34. The van der Waals surface area contributed by atoms with Gasteiger partial charge in [-0.2, -0.15) is 0 Å². The molecule has 8 heteroatoms. The van der Waals surface area contributed by atoms with Crippen molar-refractivity contribution in [3.63, 3.8) is 0 Å². The summed E-state index contributed by atoms with van der Waals surface area (Å²) in [6.07, 6.45) is 0. The summed E-state index contributed by atoms with van der Waals surface area (Å²) in [5.41, 5.74) is 1.06. The molecule has 0 radical (unpaired) electrons. The molecule has 1 N–H and O–H groups in total. The van der Waals surface area contributed by atoms with Gasteiger partial charge in [0.25, 0.3) is 15.7 Å². The second-order valence-electron chi connectivity index (χ2n) is 4.57. The maximum Gasteiger partial charge on any atom is 0.273 e. The van der Waals surface area contributed by atoms with Gasteiger partial charge in [0.05, 0.1) is 18.1 Å². The van der Waals surface area contributed by atoms with Crippen LogP contribution < -0.4 is 9.46 Å².